The number of nitriles is 1. The Kier molecular flexibility index (Phi) is 4.10. The van der Waals surface area contributed by atoms with E-state index in [1.165, 1.54) is 0 Å². The van der Waals surface area contributed by atoms with E-state index < -0.39 is 0 Å². The number of nitrogens with one attached hydrogen (secondary N) is 1. The van der Waals surface area contributed by atoms with Crippen LogP contribution in [0.25, 0.3) is 33.2 Å². The van der Waals surface area contributed by atoms with Crippen molar-refractivity contribution in [3.63, 3.8) is 0 Å². The molecule has 0 radical (unpaired) electrons. The van der Waals surface area contributed by atoms with Gasteiger partial charge in [0.05, 0.1) is 0 Å². The first-order valence-electron chi connectivity index (χ1n) is 8.81. The van der Waals surface area contributed by atoms with Crippen LogP contribution in [0.1, 0.15) is 16.7 Å². The summed E-state index contributed by atoms with van der Waals surface area (Å²) < 4.78 is 0. The number of nitrogens with zero attached hydrogens (tertiary/aromatic N) is 1. The van der Waals surface area contributed by atoms with Gasteiger partial charge in [0.15, 0.2) is 0 Å². The Morgan fingerprint density at radius 3 is 2.37 bits per heavy atom. The van der Waals surface area contributed by atoms with E-state index in [2.05, 4.69) is 29.3 Å². The third kappa shape index (κ3) is 3.02. The lowest BCUT2D eigenvalue weighted by atomic mass is 9.94. The second-order valence-electron chi connectivity index (χ2n) is 6.79. The number of pyridine rings is 1. The van der Waals surface area contributed by atoms with Crippen molar-refractivity contribution in [3.05, 3.63) is 93.8 Å². The summed E-state index contributed by atoms with van der Waals surface area (Å²) in [6, 6.07) is 24.2. The molecule has 0 spiro atoms. The fourth-order valence-corrected chi connectivity index (χ4v) is 3.51. The van der Waals surface area contributed by atoms with Crippen molar-refractivity contribution in [2.24, 2.45) is 0 Å². The van der Waals surface area contributed by atoms with Crippen LogP contribution < -0.4 is 5.56 Å². The maximum absolute atomic E-state index is 12.6. The highest BCUT2D eigenvalue weighted by atomic mass is 16.1. The van der Waals surface area contributed by atoms with Crippen LogP contribution in [0, 0.1) is 25.2 Å². The number of rotatable bonds is 2. The second-order valence-corrected chi connectivity index (χ2v) is 6.79. The molecule has 1 heterocycles. The third-order valence-electron chi connectivity index (χ3n) is 4.88. The first-order valence-corrected chi connectivity index (χ1v) is 8.81. The molecule has 1 N–H and O–H groups in total. The fraction of sp³-hybridized carbons (Fsp3) is 0.0833. The molecule has 0 bridgehead atoms. The van der Waals surface area contributed by atoms with Crippen LogP contribution in [0.3, 0.4) is 0 Å². The van der Waals surface area contributed by atoms with Crippen LogP contribution in [-0.4, -0.2) is 4.98 Å². The predicted octanol–water partition coefficient (Wildman–Crippen LogP) is 5.35. The average molecular weight is 350 g/mol. The van der Waals surface area contributed by atoms with Gasteiger partial charge in [0.1, 0.15) is 11.6 Å². The molecule has 4 rings (SSSR count). The summed E-state index contributed by atoms with van der Waals surface area (Å²) in [6.07, 6.45) is 0. The molecule has 3 nitrogen and oxygen atoms in total. The number of aromatic amines is 1. The zero-order valence-electron chi connectivity index (χ0n) is 15.2. The van der Waals surface area contributed by atoms with Crippen LogP contribution in [0.5, 0.6) is 0 Å². The first-order chi connectivity index (χ1) is 13.1. The Balaban J connectivity index is 1.96. The second kappa shape index (κ2) is 6.59. The van der Waals surface area contributed by atoms with Crippen LogP contribution in [-0.2, 0) is 0 Å². The van der Waals surface area contributed by atoms with Crippen molar-refractivity contribution >= 4 is 10.8 Å². The molecule has 0 aliphatic carbocycles. The number of hydrogen-bond donors (Lipinski definition) is 1. The minimum atomic E-state index is -0.363. The number of H-pyrrole nitrogens is 1. The average Bonchev–Trinajstić information content (AvgIpc) is 2.67. The molecule has 3 aromatic carbocycles. The molecule has 130 valence electrons. The predicted molar refractivity (Wildman–Crippen MR) is 110 cm³/mol. The van der Waals surface area contributed by atoms with E-state index >= 15 is 0 Å². The summed E-state index contributed by atoms with van der Waals surface area (Å²) >= 11 is 0. The van der Waals surface area contributed by atoms with Crippen LogP contribution >= 0.6 is 0 Å². The van der Waals surface area contributed by atoms with Gasteiger partial charge < -0.3 is 4.98 Å². The molecular formula is C24H18N2O. The lowest BCUT2D eigenvalue weighted by Gasteiger charge is -2.11. The summed E-state index contributed by atoms with van der Waals surface area (Å²) in [5.41, 5.74) is 5.17. The van der Waals surface area contributed by atoms with Crippen molar-refractivity contribution < 1.29 is 0 Å². The zero-order chi connectivity index (χ0) is 19.0. The van der Waals surface area contributed by atoms with Crippen LogP contribution in [0.4, 0.5) is 0 Å². The van der Waals surface area contributed by atoms with Gasteiger partial charge in [-0.2, -0.15) is 5.26 Å². The molecule has 0 aliphatic heterocycles. The van der Waals surface area contributed by atoms with Gasteiger partial charge in [0.2, 0.25) is 0 Å². The molecular weight excluding hydrogens is 332 g/mol. The minimum Gasteiger partial charge on any atom is -0.321 e. The molecule has 0 saturated heterocycles. The molecule has 3 heteroatoms. The summed E-state index contributed by atoms with van der Waals surface area (Å²) in [7, 11) is 0. The number of hydrogen-bond acceptors (Lipinski definition) is 2. The van der Waals surface area contributed by atoms with E-state index in [0.29, 0.717) is 11.3 Å². The van der Waals surface area contributed by atoms with Gasteiger partial charge in [-0.05, 0) is 53.4 Å². The van der Waals surface area contributed by atoms with Gasteiger partial charge in [-0.25, -0.2) is 0 Å². The maximum Gasteiger partial charge on any atom is 0.266 e. The van der Waals surface area contributed by atoms with Gasteiger partial charge in [0, 0.05) is 11.3 Å². The Morgan fingerprint density at radius 2 is 1.63 bits per heavy atom. The van der Waals surface area contributed by atoms with E-state index in [9.17, 15) is 10.1 Å². The largest absolute Gasteiger partial charge is 0.321 e. The summed E-state index contributed by atoms with van der Waals surface area (Å²) in [5, 5.41) is 11.8. The Morgan fingerprint density at radius 1 is 0.852 bits per heavy atom. The van der Waals surface area contributed by atoms with Gasteiger partial charge in [-0.3, -0.25) is 4.79 Å². The summed E-state index contributed by atoms with van der Waals surface area (Å²) in [4.78, 5) is 15.5. The van der Waals surface area contributed by atoms with Gasteiger partial charge in [-0.1, -0.05) is 60.2 Å². The lowest BCUT2D eigenvalue weighted by molar-refractivity contribution is 1.22. The standard InChI is InChI=1S/C24H18N2O/c1-15-7-10-20(16(2)11-15)21-13-23(26-24(27)22(21)14-25)19-9-8-17-5-3-4-6-18(17)12-19/h3-13H,1-2H3,(H,26,27). The molecule has 0 saturated carbocycles. The number of fused-ring (bicyclic) bond motifs is 1. The molecule has 0 aliphatic rings. The van der Waals surface area contributed by atoms with Crippen molar-refractivity contribution in [1.29, 1.82) is 5.26 Å². The minimum absolute atomic E-state index is 0.145. The van der Waals surface area contributed by atoms with E-state index in [1.807, 2.05) is 62.4 Å². The molecule has 1 aromatic heterocycles. The van der Waals surface area contributed by atoms with Crippen LogP contribution in [0.2, 0.25) is 0 Å². The van der Waals surface area contributed by atoms with Crippen LogP contribution in [0.15, 0.2) is 71.5 Å². The maximum atomic E-state index is 12.6. The SMILES string of the molecule is Cc1ccc(-c2cc(-c3ccc4ccccc4c3)[nH]c(=O)c2C#N)c(C)c1. The highest BCUT2D eigenvalue weighted by Crippen LogP contribution is 2.30. The Bertz CT molecular complexity index is 1280. The molecule has 0 amide bonds. The molecule has 4 aromatic rings. The summed E-state index contributed by atoms with van der Waals surface area (Å²) in [5.74, 6) is 0. The molecule has 27 heavy (non-hydrogen) atoms. The topological polar surface area (TPSA) is 56.6 Å². The Hall–Kier alpha value is -3.64. The van der Waals surface area contributed by atoms with Gasteiger partial charge in [0.25, 0.3) is 5.56 Å². The number of aromatic nitrogens is 1. The molecule has 0 atom stereocenters. The van der Waals surface area contributed by atoms with Gasteiger partial charge >= 0.3 is 0 Å². The van der Waals surface area contributed by atoms with Crippen molar-refractivity contribution in [1.82, 2.24) is 4.98 Å². The fourth-order valence-electron chi connectivity index (χ4n) is 3.51. The number of aryl methyl sites for hydroxylation is 2. The van der Waals surface area contributed by atoms with Gasteiger partial charge in [-0.15, -0.1) is 0 Å². The van der Waals surface area contributed by atoms with E-state index in [-0.39, 0.29) is 11.1 Å². The quantitative estimate of drug-likeness (QED) is 0.530. The normalized spacial score (nSPS) is 10.7. The third-order valence-corrected chi connectivity index (χ3v) is 4.88. The zero-order valence-corrected chi connectivity index (χ0v) is 15.2. The lowest BCUT2D eigenvalue weighted by Crippen LogP contribution is -2.13. The van der Waals surface area contributed by atoms with E-state index in [0.717, 1.165) is 33.0 Å². The van der Waals surface area contributed by atoms with E-state index in [4.69, 9.17) is 0 Å². The van der Waals surface area contributed by atoms with Crippen molar-refractivity contribution in [3.8, 4) is 28.5 Å². The van der Waals surface area contributed by atoms with Crippen molar-refractivity contribution in [2.75, 3.05) is 0 Å². The summed E-state index contributed by atoms with van der Waals surface area (Å²) in [6.45, 7) is 4.03. The monoisotopic (exact) mass is 350 g/mol. The highest BCUT2D eigenvalue weighted by Gasteiger charge is 2.14. The molecule has 0 fully saturated rings. The van der Waals surface area contributed by atoms with Crippen molar-refractivity contribution in [2.45, 2.75) is 13.8 Å². The van der Waals surface area contributed by atoms with E-state index in [1.54, 1.807) is 0 Å². The number of benzene rings is 3. The smallest absolute Gasteiger partial charge is 0.266 e. The highest BCUT2D eigenvalue weighted by molar-refractivity contribution is 5.87. The first kappa shape index (κ1) is 16.8. The molecule has 0 unspecified atom stereocenters. The Labute approximate surface area is 157 Å².